The van der Waals surface area contributed by atoms with E-state index in [1.807, 2.05) is 6.92 Å². The first-order chi connectivity index (χ1) is 10.0. The van der Waals surface area contributed by atoms with Crippen LogP contribution in [0.2, 0.25) is 5.02 Å². The third-order valence-electron chi connectivity index (χ3n) is 3.87. The number of sulfonamides is 1. The summed E-state index contributed by atoms with van der Waals surface area (Å²) in [6.45, 7) is 2.35. The summed E-state index contributed by atoms with van der Waals surface area (Å²) in [4.78, 5) is 0.275. The second-order valence-corrected chi connectivity index (χ2v) is 7.47. The number of hydrogen-bond acceptors (Lipinski definition) is 3. The number of aromatic nitrogens is 2. The summed E-state index contributed by atoms with van der Waals surface area (Å²) in [5, 5.41) is 7.49. The van der Waals surface area contributed by atoms with Gasteiger partial charge in [0.15, 0.2) is 0 Å². The predicted octanol–water partition coefficient (Wildman–Crippen LogP) is 2.59. The Balaban J connectivity index is 1.99. The molecule has 1 aromatic heterocycles. The maximum atomic E-state index is 12.9. The molecule has 1 aliphatic heterocycles. The molecule has 1 aromatic carbocycles. The number of nitrogens with zero attached hydrogens (tertiary/aromatic N) is 2. The molecule has 21 heavy (non-hydrogen) atoms. The monoisotopic (exact) mass is 325 g/mol. The highest BCUT2D eigenvalue weighted by atomic mass is 35.5. The van der Waals surface area contributed by atoms with Crippen molar-refractivity contribution >= 4 is 21.6 Å². The maximum Gasteiger partial charge on any atom is 0.243 e. The van der Waals surface area contributed by atoms with E-state index in [0.29, 0.717) is 18.0 Å². The van der Waals surface area contributed by atoms with Crippen LogP contribution in [0.25, 0.3) is 0 Å². The summed E-state index contributed by atoms with van der Waals surface area (Å²) in [6.07, 6.45) is 3.12. The molecule has 0 spiro atoms. The zero-order valence-corrected chi connectivity index (χ0v) is 13.2. The molecule has 1 N–H and O–H groups in total. The Morgan fingerprint density at radius 3 is 2.76 bits per heavy atom. The molecule has 0 saturated carbocycles. The van der Waals surface area contributed by atoms with E-state index in [-0.39, 0.29) is 10.9 Å². The molecule has 0 radical (unpaired) electrons. The van der Waals surface area contributed by atoms with Gasteiger partial charge in [0.1, 0.15) is 0 Å². The van der Waals surface area contributed by atoms with Gasteiger partial charge >= 0.3 is 0 Å². The van der Waals surface area contributed by atoms with Crippen LogP contribution in [0.4, 0.5) is 0 Å². The number of hydrogen-bond donors (Lipinski definition) is 1. The summed E-state index contributed by atoms with van der Waals surface area (Å²) in [5.74, 6) is 0. The molecule has 5 nitrogen and oxygen atoms in total. The van der Waals surface area contributed by atoms with Crippen molar-refractivity contribution in [3.05, 3.63) is 46.7 Å². The SMILES string of the molecule is CC[C@H]1Cc2[nH]ncc2CN1S(=O)(=O)c1ccc(Cl)cc1. The zero-order valence-electron chi connectivity index (χ0n) is 11.6. The van der Waals surface area contributed by atoms with Gasteiger partial charge in [0.25, 0.3) is 0 Å². The fourth-order valence-electron chi connectivity index (χ4n) is 2.66. The van der Waals surface area contributed by atoms with Crippen molar-refractivity contribution in [2.45, 2.75) is 37.2 Å². The van der Waals surface area contributed by atoms with Crippen LogP contribution in [0.3, 0.4) is 0 Å². The number of nitrogens with one attached hydrogen (secondary N) is 1. The number of aromatic amines is 1. The standard InChI is InChI=1S/C14H16ClN3O2S/c1-2-12-7-14-10(8-16-17-14)9-18(12)21(19,20)13-5-3-11(15)4-6-13/h3-6,8,12H,2,7,9H2,1H3,(H,16,17)/t12-/m0/s1. The van der Waals surface area contributed by atoms with E-state index in [1.165, 1.54) is 0 Å². The van der Waals surface area contributed by atoms with Crippen LogP contribution in [0.1, 0.15) is 24.6 Å². The van der Waals surface area contributed by atoms with Gasteiger partial charge in [-0.05, 0) is 30.7 Å². The van der Waals surface area contributed by atoms with Crippen molar-refractivity contribution in [2.24, 2.45) is 0 Å². The summed E-state index contributed by atoms with van der Waals surface area (Å²) in [6, 6.07) is 6.24. The Bertz CT molecular complexity index is 740. The molecule has 3 rings (SSSR count). The third kappa shape index (κ3) is 2.59. The number of halogens is 1. The molecule has 0 bridgehead atoms. The van der Waals surface area contributed by atoms with E-state index < -0.39 is 10.0 Å². The molecular formula is C14H16ClN3O2S. The van der Waals surface area contributed by atoms with Crippen LogP contribution in [0.15, 0.2) is 35.4 Å². The van der Waals surface area contributed by atoms with Gasteiger partial charge in [-0.15, -0.1) is 0 Å². The minimum atomic E-state index is -3.53. The van der Waals surface area contributed by atoms with Crippen molar-refractivity contribution in [1.29, 1.82) is 0 Å². The lowest BCUT2D eigenvalue weighted by Crippen LogP contribution is -2.43. The molecule has 7 heteroatoms. The van der Waals surface area contributed by atoms with E-state index in [4.69, 9.17) is 11.6 Å². The minimum absolute atomic E-state index is 0.0568. The van der Waals surface area contributed by atoms with Crippen LogP contribution in [-0.4, -0.2) is 29.0 Å². The van der Waals surface area contributed by atoms with Crippen molar-refractivity contribution in [1.82, 2.24) is 14.5 Å². The lowest BCUT2D eigenvalue weighted by atomic mass is 10.0. The van der Waals surface area contributed by atoms with Gasteiger partial charge < -0.3 is 0 Å². The van der Waals surface area contributed by atoms with Gasteiger partial charge in [0.05, 0.1) is 11.1 Å². The van der Waals surface area contributed by atoms with Crippen LogP contribution in [0, 0.1) is 0 Å². The van der Waals surface area contributed by atoms with Gasteiger partial charge in [-0.25, -0.2) is 8.42 Å². The van der Waals surface area contributed by atoms with Gasteiger partial charge in [-0.3, -0.25) is 5.10 Å². The lowest BCUT2D eigenvalue weighted by molar-refractivity contribution is 0.283. The highest BCUT2D eigenvalue weighted by molar-refractivity contribution is 7.89. The van der Waals surface area contributed by atoms with E-state index >= 15 is 0 Å². The average molecular weight is 326 g/mol. The summed E-state index contributed by atoms with van der Waals surface area (Å²) < 4.78 is 27.3. The van der Waals surface area contributed by atoms with Crippen molar-refractivity contribution in [2.75, 3.05) is 0 Å². The molecule has 0 unspecified atom stereocenters. The Hall–Kier alpha value is -1.37. The maximum absolute atomic E-state index is 12.9. The van der Waals surface area contributed by atoms with Gasteiger partial charge in [-0.2, -0.15) is 9.40 Å². The van der Waals surface area contributed by atoms with E-state index in [1.54, 1.807) is 34.8 Å². The fourth-order valence-corrected chi connectivity index (χ4v) is 4.46. The summed E-state index contributed by atoms with van der Waals surface area (Å²) >= 11 is 5.83. The highest BCUT2D eigenvalue weighted by Gasteiger charge is 2.35. The normalized spacial score (nSPS) is 19.4. The quantitative estimate of drug-likeness (QED) is 0.943. The largest absolute Gasteiger partial charge is 0.282 e. The second kappa shape index (κ2) is 5.44. The molecule has 1 atom stereocenters. The third-order valence-corrected chi connectivity index (χ3v) is 6.04. The van der Waals surface area contributed by atoms with Crippen LogP contribution >= 0.6 is 11.6 Å². The van der Waals surface area contributed by atoms with Gasteiger partial charge in [0, 0.05) is 35.3 Å². The fraction of sp³-hybridized carbons (Fsp3) is 0.357. The van der Waals surface area contributed by atoms with E-state index in [0.717, 1.165) is 17.7 Å². The van der Waals surface area contributed by atoms with Gasteiger partial charge in [-0.1, -0.05) is 18.5 Å². The topological polar surface area (TPSA) is 66.1 Å². The highest BCUT2D eigenvalue weighted by Crippen LogP contribution is 2.29. The Morgan fingerprint density at radius 2 is 2.10 bits per heavy atom. The predicted molar refractivity (Wildman–Crippen MR) is 80.6 cm³/mol. The minimum Gasteiger partial charge on any atom is -0.282 e. The number of rotatable bonds is 3. The van der Waals surface area contributed by atoms with Crippen molar-refractivity contribution < 1.29 is 8.42 Å². The van der Waals surface area contributed by atoms with Gasteiger partial charge in [0.2, 0.25) is 10.0 Å². The average Bonchev–Trinajstić information content (AvgIpc) is 2.93. The molecule has 1 aliphatic rings. The number of fused-ring (bicyclic) bond motifs is 1. The van der Waals surface area contributed by atoms with Crippen molar-refractivity contribution in [3.8, 4) is 0 Å². The molecule has 2 aromatic rings. The van der Waals surface area contributed by atoms with E-state index in [9.17, 15) is 8.42 Å². The Kier molecular flexibility index (Phi) is 3.77. The first-order valence-electron chi connectivity index (χ1n) is 6.81. The molecular weight excluding hydrogens is 310 g/mol. The summed E-state index contributed by atoms with van der Waals surface area (Å²) in [7, 11) is -3.53. The number of H-pyrrole nitrogens is 1. The first kappa shape index (κ1) is 14.6. The lowest BCUT2D eigenvalue weighted by Gasteiger charge is -2.33. The zero-order chi connectivity index (χ0) is 15.0. The van der Waals surface area contributed by atoms with Crippen LogP contribution < -0.4 is 0 Å². The van der Waals surface area contributed by atoms with E-state index in [2.05, 4.69) is 10.2 Å². The first-order valence-corrected chi connectivity index (χ1v) is 8.62. The molecule has 0 saturated heterocycles. The molecule has 2 heterocycles. The number of benzene rings is 1. The molecule has 0 fully saturated rings. The summed E-state index contributed by atoms with van der Waals surface area (Å²) in [5.41, 5.74) is 1.97. The Morgan fingerprint density at radius 1 is 1.38 bits per heavy atom. The molecule has 0 aliphatic carbocycles. The van der Waals surface area contributed by atoms with Crippen molar-refractivity contribution in [3.63, 3.8) is 0 Å². The molecule has 112 valence electrons. The van der Waals surface area contributed by atoms with Crippen LogP contribution in [-0.2, 0) is 23.0 Å². The Labute approximate surface area is 129 Å². The smallest absolute Gasteiger partial charge is 0.243 e. The van der Waals surface area contributed by atoms with Crippen LogP contribution in [0.5, 0.6) is 0 Å². The molecule has 0 amide bonds. The second-order valence-electron chi connectivity index (χ2n) is 5.14.